The fourth-order valence-electron chi connectivity index (χ4n) is 2.18. The summed E-state index contributed by atoms with van der Waals surface area (Å²) >= 11 is 0. The fraction of sp³-hybridized carbons (Fsp3) is 0.667. The standard InChI is InChI=1S/C12H17F3N4/c1-2-16-11-18-9(12(13,14)15)7-10(19-11)17-8-5-3-4-6-8/h7-8H,2-6H2,1H3,(H2,16,17,18,19). The molecule has 1 aromatic rings. The van der Waals surface area contributed by atoms with Crippen molar-refractivity contribution in [3.63, 3.8) is 0 Å². The predicted molar refractivity (Wildman–Crippen MR) is 67.1 cm³/mol. The zero-order chi connectivity index (χ0) is 13.9. The fourth-order valence-corrected chi connectivity index (χ4v) is 2.18. The molecule has 1 fully saturated rings. The van der Waals surface area contributed by atoms with E-state index < -0.39 is 11.9 Å². The van der Waals surface area contributed by atoms with Gasteiger partial charge in [-0.3, -0.25) is 0 Å². The molecule has 0 atom stereocenters. The summed E-state index contributed by atoms with van der Waals surface area (Å²) in [5, 5.41) is 5.78. The van der Waals surface area contributed by atoms with Crippen molar-refractivity contribution in [3.05, 3.63) is 11.8 Å². The number of anilines is 2. The van der Waals surface area contributed by atoms with E-state index in [-0.39, 0.29) is 17.8 Å². The molecule has 7 heteroatoms. The monoisotopic (exact) mass is 274 g/mol. The smallest absolute Gasteiger partial charge is 0.367 e. The number of aromatic nitrogens is 2. The first kappa shape index (κ1) is 13.9. The van der Waals surface area contributed by atoms with Crippen molar-refractivity contribution in [2.24, 2.45) is 0 Å². The van der Waals surface area contributed by atoms with Crippen molar-refractivity contribution in [1.29, 1.82) is 0 Å². The van der Waals surface area contributed by atoms with Crippen molar-refractivity contribution >= 4 is 11.8 Å². The van der Waals surface area contributed by atoms with Crippen molar-refractivity contribution in [2.45, 2.75) is 44.8 Å². The van der Waals surface area contributed by atoms with Crippen LogP contribution in [0.3, 0.4) is 0 Å². The number of alkyl halides is 3. The molecular weight excluding hydrogens is 257 g/mol. The van der Waals surface area contributed by atoms with Crippen LogP contribution in [0, 0.1) is 0 Å². The van der Waals surface area contributed by atoms with E-state index in [0.29, 0.717) is 6.54 Å². The van der Waals surface area contributed by atoms with Crippen molar-refractivity contribution in [3.8, 4) is 0 Å². The van der Waals surface area contributed by atoms with Crippen molar-refractivity contribution in [1.82, 2.24) is 9.97 Å². The summed E-state index contributed by atoms with van der Waals surface area (Å²) in [4.78, 5) is 7.55. The van der Waals surface area contributed by atoms with Crippen molar-refractivity contribution < 1.29 is 13.2 Å². The lowest BCUT2D eigenvalue weighted by Gasteiger charge is -2.15. The molecule has 1 aliphatic rings. The van der Waals surface area contributed by atoms with Gasteiger partial charge in [0, 0.05) is 18.7 Å². The van der Waals surface area contributed by atoms with Gasteiger partial charge in [0.15, 0.2) is 5.69 Å². The third-order valence-corrected chi connectivity index (χ3v) is 3.06. The Morgan fingerprint density at radius 2 is 1.95 bits per heavy atom. The molecular formula is C12H17F3N4. The van der Waals surface area contributed by atoms with Gasteiger partial charge in [-0.1, -0.05) is 12.8 Å². The summed E-state index contributed by atoms with van der Waals surface area (Å²) in [6, 6.07) is 1.18. The minimum Gasteiger partial charge on any atom is -0.367 e. The van der Waals surface area contributed by atoms with Crippen LogP contribution < -0.4 is 10.6 Å². The first-order valence-electron chi connectivity index (χ1n) is 6.45. The van der Waals surface area contributed by atoms with Gasteiger partial charge < -0.3 is 10.6 Å². The Bertz CT molecular complexity index is 427. The molecule has 1 heterocycles. The second-order valence-corrected chi connectivity index (χ2v) is 4.62. The Hall–Kier alpha value is -1.53. The number of hydrogen-bond acceptors (Lipinski definition) is 4. The summed E-state index contributed by atoms with van der Waals surface area (Å²) in [6.45, 7) is 2.26. The second kappa shape index (κ2) is 5.63. The molecule has 0 aromatic carbocycles. The van der Waals surface area contributed by atoms with Crippen LogP contribution in [0.2, 0.25) is 0 Å². The van der Waals surface area contributed by atoms with E-state index in [1.165, 1.54) is 0 Å². The Balaban J connectivity index is 2.22. The molecule has 0 saturated heterocycles. The summed E-state index contributed by atoms with van der Waals surface area (Å²) < 4.78 is 38.3. The number of hydrogen-bond donors (Lipinski definition) is 2. The molecule has 0 bridgehead atoms. The van der Waals surface area contributed by atoms with Crippen molar-refractivity contribution in [2.75, 3.05) is 17.2 Å². The number of nitrogens with one attached hydrogen (secondary N) is 2. The van der Waals surface area contributed by atoms with Crippen LogP contribution in [0.1, 0.15) is 38.3 Å². The Labute approximate surface area is 109 Å². The molecule has 2 N–H and O–H groups in total. The topological polar surface area (TPSA) is 49.8 Å². The van der Waals surface area contributed by atoms with Gasteiger partial charge in [0.25, 0.3) is 0 Å². The molecule has 4 nitrogen and oxygen atoms in total. The van der Waals surface area contributed by atoms with E-state index in [1.54, 1.807) is 6.92 Å². The lowest BCUT2D eigenvalue weighted by Crippen LogP contribution is -2.19. The van der Waals surface area contributed by atoms with E-state index in [1.807, 2.05) is 0 Å². The van der Waals surface area contributed by atoms with Gasteiger partial charge in [0.1, 0.15) is 5.82 Å². The molecule has 0 aliphatic heterocycles. The molecule has 2 rings (SSSR count). The zero-order valence-corrected chi connectivity index (χ0v) is 10.7. The maximum Gasteiger partial charge on any atom is 0.433 e. The van der Waals surface area contributed by atoms with Crippen LogP contribution in [-0.2, 0) is 6.18 Å². The van der Waals surface area contributed by atoms with Gasteiger partial charge in [0.2, 0.25) is 5.95 Å². The van der Waals surface area contributed by atoms with Gasteiger partial charge in [-0.25, -0.2) is 4.98 Å². The van der Waals surface area contributed by atoms with Crippen LogP contribution >= 0.6 is 0 Å². The molecule has 0 amide bonds. The summed E-state index contributed by atoms with van der Waals surface area (Å²) in [5.74, 6) is 0.253. The molecule has 1 aromatic heterocycles. The normalized spacial score (nSPS) is 16.6. The first-order chi connectivity index (χ1) is 8.99. The van der Waals surface area contributed by atoms with Crippen LogP contribution in [0.15, 0.2) is 6.07 Å². The number of halogens is 3. The third kappa shape index (κ3) is 3.71. The van der Waals surface area contributed by atoms with E-state index in [4.69, 9.17) is 0 Å². The minimum atomic E-state index is -4.46. The summed E-state index contributed by atoms with van der Waals surface area (Å²) in [7, 11) is 0. The van der Waals surface area contributed by atoms with Crippen LogP contribution in [0.5, 0.6) is 0 Å². The maximum atomic E-state index is 12.8. The van der Waals surface area contributed by atoms with Gasteiger partial charge in [-0.15, -0.1) is 0 Å². The van der Waals surface area contributed by atoms with Crippen LogP contribution in [0.25, 0.3) is 0 Å². The highest BCUT2D eigenvalue weighted by Crippen LogP contribution is 2.30. The van der Waals surface area contributed by atoms with E-state index in [0.717, 1.165) is 31.7 Å². The van der Waals surface area contributed by atoms with E-state index >= 15 is 0 Å². The molecule has 19 heavy (non-hydrogen) atoms. The average molecular weight is 274 g/mol. The Morgan fingerprint density at radius 3 is 2.53 bits per heavy atom. The Morgan fingerprint density at radius 1 is 1.26 bits per heavy atom. The summed E-state index contributed by atoms with van der Waals surface area (Å²) in [5.41, 5.74) is -0.918. The molecule has 106 valence electrons. The SMILES string of the molecule is CCNc1nc(NC2CCCC2)cc(C(F)(F)F)n1. The Kier molecular flexibility index (Phi) is 4.11. The second-order valence-electron chi connectivity index (χ2n) is 4.62. The lowest BCUT2D eigenvalue weighted by atomic mass is 10.2. The quantitative estimate of drug-likeness (QED) is 0.884. The largest absolute Gasteiger partial charge is 0.433 e. The van der Waals surface area contributed by atoms with Crippen LogP contribution in [0.4, 0.5) is 24.9 Å². The highest BCUT2D eigenvalue weighted by molar-refractivity contribution is 5.44. The lowest BCUT2D eigenvalue weighted by molar-refractivity contribution is -0.141. The maximum absolute atomic E-state index is 12.8. The van der Waals surface area contributed by atoms with Gasteiger partial charge in [-0.2, -0.15) is 18.2 Å². The molecule has 1 saturated carbocycles. The predicted octanol–water partition coefficient (Wildman–Crippen LogP) is 3.28. The number of rotatable bonds is 4. The van der Waals surface area contributed by atoms with Crippen LogP contribution in [-0.4, -0.2) is 22.6 Å². The van der Waals surface area contributed by atoms with E-state index in [9.17, 15) is 13.2 Å². The molecule has 0 radical (unpaired) electrons. The first-order valence-corrected chi connectivity index (χ1v) is 6.45. The van der Waals surface area contributed by atoms with Gasteiger partial charge >= 0.3 is 6.18 Å². The highest BCUT2D eigenvalue weighted by Gasteiger charge is 2.34. The average Bonchev–Trinajstić information content (AvgIpc) is 2.81. The van der Waals surface area contributed by atoms with Gasteiger partial charge in [-0.05, 0) is 19.8 Å². The zero-order valence-electron chi connectivity index (χ0n) is 10.7. The molecule has 1 aliphatic carbocycles. The number of nitrogens with zero attached hydrogens (tertiary/aromatic N) is 2. The van der Waals surface area contributed by atoms with Gasteiger partial charge in [0.05, 0.1) is 0 Å². The third-order valence-electron chi connectivity index (χ3n) is 3.06. The minimum absolute atomic E-state index is 0.0119. The highest BCUT2D eigenvalue weighted by atomic mass is 19.4. The summed E-state index contributed by atoms with van der Waals surface area (Å²) in [6.07, 6.45) is -0.299. The molecule has 0 unspecified atom stereocenters. The molecule has 0 spiro atoms. The van der Waals surface area contributed by atoms with E-state index in [2.05, 4.69) is 20.6 Å².